The lowest BCUT2D eigenvalue weighted by Crippen LogP contribution is -2.19. The Bertz CT molecular complexity index is 670. The molecule has 0 amide bonds. The molecule has 0 aliphatic rings. The van der Waals surface area contributed by atoms with Gasteiger partial charge in [-0.25, -0.2) is 0 Å². The average molecular weight is 289 g/mol. The van der Waals surface area contributed by atoms with Gasteiger partial charge in [0.2, 0.25) is 5.76 Å². The first-order valence-corrected chi connectivity index (χ1v) is 6.02. The largest absolute Gasteiger partial charge is 0.451 e. The van der Waals surface area contributed by atoms with Crippen LogP contribution in [0, 0.1) is 11.3 Å². The summed E-state index contributed by atoms with van der Waals surface area (Å²) in [6.07, 6.45) is -4.77. The van der Waals surface area contributed by atoms with Gasteiger partial charge in [-0.05, 0) is 17.7 Å². The van der Waals surface area contributed by atoms with Gasteiger partial charge in [-0.1, -0.05) is 48.5 Å². The molecule has 0 aliphatic heterocycles. The van der Waals surface area contributed by atoms with Crippen LogP contribution in [0.4, 0.5) is 13.2 Å². The molecule has 0 unspecified atom stereocenters. The summed E-state index contributed by atoms with van der Waals surface area (Å²) in [5.41, 5.74) is -0.393. The Labute approximate surface area is 119 Å². The van der Waals surface area contributed by atoms with Crippen molar-refractivity contribution in [1.29, 1.82) is 5.26 Å². The van der Waals surface area contributed by atoms with Gasteiger partial charge in [-0.15, -0.1) is 0 Å². The van der Waals surface area contributed by atoms with Gasteiger partial charge in [-0.3, -0.25) is 0 Å². The molecule has 2 nitrogen and oxygen atoms in total. The van der Waals surface area contributed by atoms with E-state index >= 15 is 0 Å². The van der Waals surface area contributed by atoms with Crippen LogP contribution in [0.15, 0.2) is 66.4 Å². The highest BCUT2D eigenvalue weighted by atomic mass is 19.4. The maximum absolute atomic E-state index is 13.2. The number of hydrogen-bond acceptors (Lipinski definition) is 2. The molecule has 0 heterocycles. The number of alkyl halides is 3. The van der Waals surface area contributed by atoms with E-state index in [0.717, 1.165) is 0 Å². The number of ether oxygens (including phenoxy) is 1. The zero-order valence-electron chi connectivity index (χ0n) is 10.8. The van der Waals surface area contributed by atoms with Crippen molar-refractivity contribution < 1.29 is 17.9 Å². The summed E-state index contributed by atoms with van der Waals surface area (Å²) in [6.45, 7) is 0. The Balaban J connectivity index is 2.53. The van der Waals surface area contributed by atoms with Gasteiger partial charge in [0.25, 0.3) is 0 Å². The molecule has 0 aliphatic carbocycles. The molecule has 0 spiro atoms. The minimum Gasteiger partial charge on any atom is -0.451 e. The molecular weight excluding hydrogens is 279 g/mol. The van der Waals surface area contributed by atoms with Crippen molar-refractivity contribution in [2.75, 3.05) is 0 Å². The van der Waals surface area contributed by atoms with Crippen molar-refractivity contribution in [3.8, 4) is 11.8 Å². The van der Waals surface area contributed by atoms with Crippen LogP contribution in [0.5, 0.6) is 5.75 Å². The number of hydrogen-bond donors (Lipinski definition) is 0. The monoisotopic (exact) mass is 289 g/mol. The molecule has 0 saturated carbocycles. The number of nitrogens with zero attached hydrogens (tertiary/aromatic N) is 1. The van der Waals surface area contributed by atoms with E-state index in [-0.39, 0.29) is 11.3 Å². The topological polar surface area (TPSA) is 33.0 Å². The van der Waals surface area contributed by atoms with Crippen molar-refractivity contribution in [1.82, 2.24) is 0 Å². The van der Waals surface area contributed by atoms with E-state index in [0.29, 0.717) is 0 Å². The molecule has 0 N–H and O–H groups in total. The van der Waals surface area contributed by atoms with Gasteiger partial charge < -0.3 is 4.74 Å². The zero-order chi connectivity index (χ0) is 15.3. The minimum atomic E-state index is -4.77. The highest BCUT2D eigenvalue weighted by Crippen LogP contribution is 2.34. The van der Waals surface area contributed by atoms with Gasteiger partial charge in [0.15, 0.2) is 0 Å². The lowest BCUT2D eigenvalue weighted by atomic mass is 10.1. The second kappa shape index (κ2) is 6.14. The van der Waals surface area contributed by atoms with E-state index in [2.05, 4.69) is 0 Å². The summed E-state index contributed by atoms with van der Waals surface area (Å²) < 4.78 is 44.5. The molecule has 2 rings (SSSR count). The fourth-order valence-corrected chi connectivity index (χ4v) is 1.71. The van der Waals surface area contributed by atoms with Gasteiger partial charge >= 0.3 is 6.18 Å². The minimum absolute atomic E-state index is 0.0218. The predicted molar refractivity (Wildman–Crippen MR) is 72.1 cm³/mol. The van der Waals surface area contributed by atoms with Gasteiger partial charge in [0.05, 0.1) is 0 Å². The number of rotatable bonds is 3. The van der Waals surface area contributed by atoms with Crippen molar-refractivity contribution in [2.24, 2.45) is 0 Å². The normalized spacial score (nSPS) is 12.3. The first-order chi connectivity index (χ1) is 10.0. The molecule has 0 aromatic heterocycles. The molecule has 21 heavy (non-hydrogen) atoms. The highest BCUT2D eigenvalue weighted by Gasteiger charge is 2.40. The molecule has 0 fully saturated rings. The van der Waals surface area contributed by atoms with Crippen LogP contribution in [0.3, 0.4) is 0 Å². The van der Waals surface area contributed by atoms with E-state index in [4.69, 9.17) is 10.00 Å². The second-order valence-electron chi connectivity index (χ2n) is 4.09. The van der Waals surface area contributed by atoms with Crippen molar-refractivity contribution in [3.05, 3.63) is 72.0 Å². The number of halogens is 3. The number of benzene rings is 2. The maximum atomic E-state index is 13.2. The average Bonchev–Trinajstić information content (AvgIpc) is 2.48. The molecule has 2 aromatic rings. The second-order valence-corrected chi connectivity index (χ2v) is 4.09. The van der Waals surface area contributed by atoms with E-state index in [9.17, 15) is 13.2 Å². The number of nitriles is 1. The van der Waals surface area contributed by atoms with Gasteiger partial charge in [0.1, 0.15) is 17.4 Å². The lowest BCUT2D eigenvalue weighted by Gasteiger charge is -2.15. The molecule has 2 aromatic carbocycles. The van der Waals surface area contributed by atoms with E-state index < -0.39 is 17.5 Å². The molecule has 0 bridgehead atoms. The van der Waals surface area contributed by atoms with Crippen molar-refractivity contribution in [2.45, 2.75) is 6.18 Å². The summed E-state index contributed by atoms with van der Waals surface area (Å²) in [5, 5.41) is 9.10. The van der Waals surface area contributed by atoms with Crippen LogP contribution in [0.25, 0.3) is 5.57 Å². The Kier molecular flexibility index (Phi) is 4.29. The van der Waals surface area contributed by atoms with Crippen LogP contribution in [0.2, 0.25) is 0 Å². The summed E-state index contributed by atoms with van der Waals surface area (Å²) in [7, 11) is 0. The number of allylic oxidation sites excluding steroid dienone is 2. The first-order valence-electron chi connectivity index (χ1n) is 6.02. The standard InChI is InChI=1S/C16H10F3NO/c17-16(18,19)15(21-13-9-5-2-6-10-13)14(11-20)12-7-3-1-4-8-12/h1-10H. The SMILES string of the molecule is N#CC(=C(Oc1ccccc1)C(F)(F)F)c1ccccc1. The van der Waals surface area contributed by atoms with Crippen molar-refractivity contribution >= 4 is 5.57 Å². The third-order valence-corrected chi connectivity index (χ3v) is 2.62. The molecule has 0 saturated heterocycles. The summed E-state index contributed by atoms with van der Waals surface area (Å²) >= 11 is 0. The Hall–Kier alpha value is -2.74. The predicted octanol–water partition coefficient (Wildman–Crippen LogP) is 4.56. The van der Waals surface area contributed by atoms with E-state index in [1.54, 1.807) is 42.5 Å². The molecule has 106 valence electrons. The van der Waals surface area contributed by atoms with Crippen LogP contribution >= 0.6 is 0 Å². The first kappa shape index (κ1) is 14.7. The van der Waals surface area contributed by atoms with Gasteiger partial charge in [-0.2, -0.15) is 18.4 Å². The van der Waals surface area contributed by atoms with Gasteiger partial charge in [0, 0.05) is 0 Å². The molecule has 0 radical (unpaired) electrons. The van der Waals surface area contributed by atoms with E-state index in [1.807, 2.05) is 0 Å². The number of para-hydroxylation sites is 1. The summed E-state index contributed by atoms with van der Waals surface area (Å²) in [6, 6.07) is 16.8. The quantitative estimate of drug-likeness (QED) is 0.613. The fourth-order valence-electron chi connectivity index (χ4n) is 1.71. The third kappa shape index (κ3) is 3.63. The zero-order valence-corrected chi connectivity index (χ0v) is 10.8. The van der Waals surface area contributed by atoms with Crippen molar-refractivity contribution in [3.63, 3.8) is 0 Å². The molecule has 5 heteroatoms. The molecular formula is C16H10F3NO. The summed E-state index contributed by atoms with van der Waals surface area (Å²) in [4.78, 5) is 0. The Morgan fingerprint density at radius 2 is 1.43 bits per heavy atom. The maximum Gasteiger partial charge on any atom is 0.450 e. The van der Waals surface area contributed by atoms with Crippen LogP contribution in [-0.4, -0.2) is 6.18 Å². The Morgan fingerprint density at radius 1 is 0.905 bits per heavy atom. The Morgan fingerprint density at radius 3 is 1.90 bits per heavy atom. The smallest absolute Gasteiger partial charge is 0.450 e. The van der Waals surface area contributed by atoms with Crippen LogP contribution < -0.4 is 4.74 Å². The highest BCUT2D eigenvalue weighted by molar-refractivity contribution is 5.79. The summed E-state index contributed by atoms with van der Waals surface area (Å²) in [5.74, 6) is -1.30. The van der Waals surface area contributed by atoms with Crippen LogP contribution in [-0.2, 0) is 0 Å². The van der Waals surface area contributed by atoms with Crippen LogP contribution in [0.1, 0.15) is 5.56 Å². The molecule has 0 atom stereocenters. The lowest BCUT2D eigenvalue weighted by molar-refractivity contribution is -0.115. The third-order valence-electron chi connectivity index (χ3n) is 2.62. The van der Waals surface area contributed by atoms with E-state index in [1.165, 1.54) is 24.3 Å². The fraction of sp³-hybridized carbons (Fsp3) is 0.0625.